The Morgan fingerprint density at radius 2 is 1.85 bits per heavy atom. The second-order valence-electron chi connectivity index (χ2n) is 5.77. The number of hydrogen-bond acceptors (Lipinski definition) is 4. The van der Waals surface area contributed by atoms with E-state index in [-0.39, 0.29) is 12.5 Å². The van der Waals surface area contributed by atoms with E-state index in [0.29, 0.717) is 24.7 Å². The van der Waals surface area contributed by atoms with Crippen molar-refractivity contribution in [1.29, 1.82) is 0 Å². The number of nitrogens with one attached hydrogen (secondary N) is 2. The van der Waals surface area contributed by atoms with Crippen molar-refractivity contribution in [2.75, 3.05) is 30.4 Å². The van der Waals surface area contributed by atoms with E-state index in [9.17, 15) is 4.79 Å². The molecule has 0 unspecified atom stereocenters. The first-order valence-corrected chi connectivity index (χ1v) is 8.32. The Kier molecular flexibility index (Phi) is 7.31. The van der Waals surface area contributed by atoms with Crippen molar-refractivity contribution in [2.24, 2.45) is 0 Å². The third-order valence-corrected chi connectivity index (χ3v) is 3.31. The molecule has 1 amide bonds. The van der Waals surface area contributed by atoms with Crippen LogP contribution in [0.2, 0.25) is 0 Å². The lowest BCUT2D eigenvalue weighted by atomic mass is 10.3. The summed E-state index contributed by atoms with van der Waals surface area (Å²) >= 11 is 0. The third kappa shape index (κ3) is 6.36. The summed E-state index contributed by atoms with van der Waals surface area (Å²) < 4.78 is 11.1. The van der Waals surface area contributed by atoms with Crippen LogP contribution >= 0.6 is 0 Å². The van der Waals surface area contributed by atoms with Crippen LogP contribution in [0, 0.1) is 0 Å². The summed E-state index contributed by atoms with van der Waals surface area (Å²) in [5.41, 5.74) is 2.42. The van der Waals surface area contributed by atoms with Crippen molar-refractivity contribution in [2.45, 2.75) is 6.92 Å². The van der Waals surface area contributed by atoms with Gasteiger partial charge in [0.25, 0.3) is 0 Å². The minimum Gasteiger partial charge on any atom is -0.489 e. The molecule has 2 N–H and O–H groups in total. The normalized spacial score (nSPS) is 9.88. The fraction of sp³-hybridized carbons (Fsp3) is 0.190. The van der Waals surface area contributed by atoms with Gasteiger partial charge in [-0.05, 0) is 48.9 Å². The molecular formula is C21H24N2O3. The monoisotopic (exact) mass is 352 g/mol. The van der Waals surface area contributed by atoms with E-state index in [2.05, 4.69) is 23.8 Å². The molecule has 5 nitrogen and oxygen atoms in total. The van der Waals surface area contributed by atoms with E-state index in [4.69, 9.17) is 9.47 Å². The van der Waals surface area contributed by atoms with Gasteiger partial charge < -0.3 is 20.1 Å². The molecule has 0 aliphatic carbocycles. The molecule has 0 atom stereocenters. The Morgan fingerprint density at radius 3 is 2.54 bits per heavy atom. The zero-order chi connectivity index (χ0) is 18.8. The van der Waals surface area contributed by atoms with Crippen molar-refractivity contribution in [1.82, 2.24) is 0 Å². The molecule has 2 rings (SSSR count). The highest BCUT2D eigenvalue weighted by molar-refractivity contribution is 5.95. The van der Waals surface area contributed by atoms with Crippen LogP contribution in [0.5, 0.6) is 11.5 Å². The molecule has 26 heavy (non-hydrogen) atoms. The summed E-state index contributed by atoms with van der Waals surface area (Å²) in [6.45, 7) is 10.3. The van der Waals surface area contributed by atoms with Crippen LogP contribution in [0.1, 0.15) is 6.92 Å². The topological polar surface area (TPSA) is 59.6 Å². The number of hydrogen-bond donors (Lipinski definition) is 2. The van der Waals surface area contributed by atoms with Crippen LogP contribution in [0.3, 0.4) is 0 Å². The zero-order valence-corrected chi connectivity index (χ0v) is 15.0. The number of benzene rings is 2. The number of anilines is 2. The van der Waals surface area contributed by atoms with Crippen molar-refractivity contribution < 1.29 is 14.3 Å². The number of rotatable bonds is 10. The predicted octanol–water partition coefficient (Wildman–Crippen LogP) is 4.26. The molecule has 5 heteroatoms. The van der Waals surface area contributed by atoms with Crippen LogP contribution in [0.15, 0.2) is 73.3 Å². The van der Waals surface area contributed by atoms with Gasteiger partial charge in [-0.3, -0.25) is 4.79 Å². The first-order chi connectivity index (χ1) is 12.6. The van der Waals surface area contributed by atoms with Gasteiger partial charge in [0.1, 0.15) is 24.7 Å². The highest BCUT2D eigenvalue weighted by Gasteiger charge is 2.07. The van der Waals surface area contributed by atoms with Gasteiger partial charge >= 0.3 is 0 Å². The first-order valence-electron chi connectivity index (χ1n) is 8.32. The molecule has 0 saturated carbocycles. The summed E-state index contributed by atoms with van der Waals surface area (Å²) in [6.07, 6.45) is 1.66. The molecule has 0 aliphatic heterocycles. The lowest BCUT2D eigenvalue weighted by molar-refractivity contribution is -0.114. The van der Waals surface area contributed by atoms with E-state index >= 15 is 0 Å². The molecule has 0 saturated heterocycles. The van der Waals surface area contributed by atoms with Crippen LogP contribution in [-0.4, -0.2) is 25.7 Å². The van der Waals surface area contributed by atoms with E-state index in [0.717, 1.165) is 17.0 Å². The quantitative estimate of drug-likeness (QED) is 0.627. The van der Waals surface area contributed by atoms with E-state index < -0.39 is 0 Å². The van der Waals surface area contributed by atoms with Crippen molar-refractivity contribution in [3.63, 3.8) is 0 Å². The van der Waals surface area contributed by atoms with Gasteiger partial charge in [-0.15, -0.1) is 0 Å². The lowest BCUT2D eigenvalue weighted by Crippen LogP contribution is -2.22. The van der Waals surface area contributed by atoms with Crippen molar-refractivity contribution >= 4 is 17.3 Å². The SMILES string of the molecule is C=CCOc1ccccc1NC(=O)CNc1ccc(OCC(=C)C)cc1. The highest BCUT2D eigenvalue weighted by Crippen LogP contribution is 2.23. The summed E-state index contributed by atoms with van der Waals surface area (Å²) in [7, 11) is 0. The molecule has 0 heterocycles. The van der Waals surface area contributed by atoms with E-state index in [1.807, 2.05) is 43.3 Å². The minimum atomic E-state index is -0.165. The predicted molar refractivity (Wildman–Crippen MR) is 106 cm³/mol. The number of ether oxygens (including phenoxy) is 2. The van der Waals surface area contributed by atoms with Gasteiger partial charge in [-0.2, -0.15) is 0 Å². The Hall–Kier alpha value is -3.21. The molecule has 0 bridgehead atoms. The molecule has 136 valence electrons. The summed E-state index contributed by atoms with van der Waals surface area (Å²) in [4.78, 5) is 12.2. The lowest BCUT2D eigenvalue weighted by Gasteiger charge is -2.12. The first kappa shape index (κ1) is 19.1. The number of carbonyl (C=O) groups is 1. The molecular weight excluding hydrogens is 328 g/mol. The molecule has 2 aromatic rings. The number of amides is 1. The summed E-state index contributed by atoms with van der Waals surface area (Å²) in [6, 6.07) is 14.7. The van der Waals surface area contributed by atoms with Crippen LogP contribution in [-0.2, 0) is 4.79 Å². The standard InChI is InChI=1S/C21H24N2O3/c1-4-13-25-20-8-6-5-7-19(20)23-21(24)14-22-17-9-11-18(12-10-17)26-15-16(2)3/h4-12,22H,1-2,13-15H2,3H3,(H,23,24). The molecule has 0 spiro atoms. The highest BCUT2D eigenvalue weighted by atomic mass is 16.5. The van der Waals surface area contributed by atoms with Gasteiger partial charge in [-0.1, -0.05) is 31.4 Å². The Bertz CT molecular complexity index is 754. The Morgan fingerprint density at radius 1 is 1.12 bits per heavy atom. The number of carbonyl (C=O) groups excluding carboxylic acids is 1. The molecule has 0 aromatic heterocycles. The molecule has 0 aliphatic rings. The van der Waals surface area contributed by atoms with Crippen molar-refractivity contribution in [3.8, 4) is 11.5 Å². The molecule has 0 radical (unpaired) electrons. The fourth-order valence-electron chi connectivity index (χ4n) is 2.10. The maximum Gasteiger partial charge on any atom is 0.243 e. The van der Waals surface area contributed by atoms with Gasteiger partial charge in [0.15, 0.2) is 0 Å². The molecule has 0 fully saturated rings. The van der Waals surface area contributed by atoms with E-state index in [1.165, 1.54) is 0 Å². The van der Waals surface area contributed by atoms with Gasteiger partial charge in [0.05, 0.1) is 12.2 Å². The van der Waals surface area contributed by atoms with Gasteiger partial charge in [-0.25, -0.2) is 0 Å². The average Bonchev–Trinajstić information content (AvgIpc) is 2.65. The fourth-order valence-corrected chi connectivity index (χ4v) is 2.10. The molecule has 2 aromatic carbocycles. The third-order valence-electron chi connectivity index (χ3n) is 3.31. The van der Waals surface area contributed by atoms with Gasteiger partial charge in [0, 0.05) is 5.69 Å². The Labute approximate surface area is 154 Å². The second-order valence-corrected chi connectivity index (χ2v) is 5.77. The average molecular weight is 352 g/mol. The van der Waals surface area contributed by atoms with Crippen LogP contribution in [0.25, 0.3) is 0 Å². The summed E-state index contributed by atoms with van der Waals surface area (Å²) in [5.74, 6) is 1.21. The van der Waals surface area contributed by atoms with Gasteiger partial charge in [0.2, 0.25) is 5.91 Å². The number of para-hydroxylation sites is 2. The maximum atomic E-state index is 12.2. The van der Waals surface area contributed by atoms with E-state index in [1.54, 1.807) is 18.2 Å². The minimum absolute atomic E-state index is 0.141. The second kappa shape index (κ2) is 9.93. The van der Waals surface area contributed by atoms with Crippen molar-refractivity contribution in [3.05, 3.63) is 73.3 Å². The smallest absolute Gasteiger partial charge is 0.243 e. The zero-order valence-electron chi connectivity index (χ0n) is 15.0. The van der Waals surface area contributed by atoms with Crippen LogP contribution < -0.4 is 20.1 Å². The summed E-state index contributed by atoms with van der Waals surface area (Å²) in [5, 5.41) is 5.92. The van der Waals surface area contributed by atoms with Crippen LogP contribution in [0.4, 0.5) is 11.4 Å². The maximum absolute atomic E-state index is 12.2. The Balaban J connectivity index is 1.85. The largest absolute Gasteiger partial charge is 0.489 e.